The predicted octanol–water partition coefficient (Wildman–Crippen LogP) is 0.150. The highest BCUT2D eigenvalue weighted by molar-refractivity contribution is 7.89. The molecule has 0 aliphatic carbocycles. The second-order valence-corrected chi connectivity index (χ2v) is 5.73. The third-order valence-corrected chi connectivity index (χ3v) is 3.94. The van der Waals surface area contributed by atoms with E-state index in [0.29, 0.717) is 5.69 Å². The molecular weight excluding hydrogens is 270 g/mol. The zero-order valence-corrected chi connectivity index (χ0v) is 11.7. The van der Waals surface area contributed by atoms with E-state index in [1.165, 1.54) is 32.4 Å². The van der Waals surface area contributed by atoms with Crippen molar-refractivity contribution in [1.82, 2.24) is 4.72 Å². The number of carbonyl (C=O) groups is 1. The average molecular weight is 287 g/mol. The number of sulfonamides is 1. The molecule has 0 heterocycles. The zero-order valence-electron chi connectivity index (χ0n) is 10.9. The highest BCUT2D eigenvalue weighted by Crippen LogP contribution is 2.23. The maximum absolute atomic E-state index is 11.6. The topological polar surface area (TPSA) is 111 Å². The molecule has 0 saturated carbocycles. The largest absolute Gasteiger partial charge is 0.467 e. The Kier molecular flexibility index (Phi) is 4.73. The van der Waals surface area contributed by atoms with Gasteiger partial charge in [-0.15, -0.1) is 0 Å². The zero-order chi connectivity index (χ0) is 14.6. The minimum Gasteiger partial charge on any atom is -0.467 e. The van der Waals surface area contributed by atoms with Crippen molar-refractivity contribution in [3.05, 3.63) is 18.2 Å². The Morgan fingerprint density at radius 1 is 1.42 bits per heavy atom. The molecule has 0 aromatic heterocycles. The molecule has 8 heteroatoms. The highest BCUT2D eigenvalue weighted by Gasteiger charge is 2.16. The van der Waals surface area contributed by atoms with Gasteiger partial charge in [-0.05, 0) is 32.2 Å². The molecule has 1 aromatic carbocycles. The van der Waals surface area contributed by atoms with Crippen molar-refractivity contribution in [2.24, 2.45) is 0 Å². The maximum atomic E-state index is 11.6. The van der Waals surface area contributed by atoms with E-state index < -0.39 is 22.0 Å². The first kappa shape index (κ1) is 15.3. The Morgan fingerprint density at radius 2 is 2.05 bits per heavy atom. The van der Waals surface area contributed by atoms with Crippen LogP contribution in [0.3, 0.4) is 0 Å². The fourth-order valence-electron chi connectivity index (χ4n) is 1.43. The van der Waals surface area contributed by atoms with Crippen LogP contribution in [0.4, 0.5) is 11.4 Å². The molecule has 0 radical (unpaired) electrons. The molecule has 0 amide bonds. The van der Waals surface area contributed by atoms with E-state index >= 15 is 0 Å². The van der Waals surface area contributed by atoms with Crippen LogP contribution in [0.5, 0.6) is 0 Å². The number of nitrogen functional groups attached to an aromatic ring is 1. The van der Waals surface area contributed by atoms with Crippen LogP contribution in [0, 0.1) is 0 Å². The number of methoxy groups -OCH3 is 1. The smallest absolute Gasteiger partial charge is 0.327 e. The summed E-state index contributed by atoms with van der Waals surface area (Å²) in [5, 5.41) is 2.84. The summed E-state index contributed by atoms with van der Waals surface area (Å²) < 4.78 is 29.9. The van der Waals surface area contributed by atoms with E-state index in [1.807, 2.05) is 0 Å². The number of hydrogen-bond donors (Lipinski definition) is 3. The van der Waals surface area contributed by atoms with Crippen LogP contribution >= 0.6 is 0 Å². The number of rotatable bonds is 5. The molecule has 0 fully saturated rings. The summed E-state index contributed by atoms with van der Waals surface area (Å²) in [5.74, 6) is -0.439. The van der Waals surface area contributed by atoms with E-state index in [1.54, 1.807) is 6.92 Å². The van der Waals surface area contributed by atoms with Crippen molar-refractivity contribution < 1.29 is 17.9 Å². The fourth-order valence-corrected chi connectivity index (χ4v) is 2.19. The Hall–Kier alpha value is -1.80. The minimum absolute atomic E-state index is 0.0590. The molecule has 106 valence electrons. The average Bonchev–Trinajstić information content (AvgIpc) is 2.39. The molecule has 19 heavy (non-hydrogen) atoms. The van der Waals surface area contributed by atoms with E-state index in [9.17, 15) is 13.2 Å². The van der Waals surface area contributed by atoms with Crippen LogP contribution < -0.4 is 15.8 Å². The summed E-state index contributed by atoms with van der Waals surface area (Å²) in [7, 11) is -0.936. The second kappa shape index (κ2) is 5.89. The van der Waals surface area contributed by atoms with Crippen molar-refractivity contribution in [2.45, 2.75) is 17.9 Å². The molecular formula is C11H17N3O4S. The third-order valence-electron chi connectivity index (χ3n) is 2.53. The number of carbonyl (C=O) groups excluding carboxylic acids is 1. The number of anilines is 2. The molecule has 0 aliphatic heterocycles. The lowest BCUT2D eigenvalue weighted by Gasteiger charge is -2.15. The van der Waals surface area contributed by atoms with Gasteiger partial charge < -0.3 is 15.8 Å². The summed E-state index contributed by atoms with van der Waals surface area (Å²) >= 11 is 0. The van der Waals surface area contributed by atoms with Gasteiger partial charge in [-0.1, -0.05) is 0 Å². The monoisotopic (exact) mass is 287 g/mol. The summed E-state index contributed by atoms with van der Waals surface area (Å²) in [6.45, 7) is 1.61. The van der Waals surface area contributed by atoms with Crippen molar-refractivity contribution in [2.75, 3.05) is 25.2 Å². The number of nitrogens with two attached hydrogens (primary N) is 1. The molecule has 0 aliphatic rings. The van der Waals surface area contributed by atoms with Crippen LogP contribution in [0.2, 0.25) is 0 Å². The summed E-state index contributed by atoms with van der Waals surface area (Å²) in [6, 6.07) is 3.63. The lowest BCUT2D eigenvalue weighted by molar-refractivity contribution is -0.141. The predicted molar refractivity (Wildman–Crippen MR) is 72.2 cm³/mol. The maximum Gasteiger partial charge on any atom is 0.327 e. The number of nitrogens with one attached hydrogen (secondary N) is 2. The van der Waals surface area contributed by atoms with Crippen molar-refractivity contribution in [3.63, 3.8) is 0 Å². The molecule has 4 N–H and O–H groups in total. The summed E-state index contributed by atoms with van der Waals surface area (Å²) in [4.78, 5) is 11.3. The number of hydrogen-bond acceptors (Lipinski definition) is 6. The van der Waals surface area contributed by atoms with Crippen LogP contribution in [-0.4, -0.2) is 34.6 Å². The SMILES string of the molecule is CNS(=O)(=O)c1ccc(NC(C)C(=O)OC)c(N)c1. The first-order valence-corrected chi connectivity index (χ1v) is 6.97. The first-order chi connectivity index (χ1) is 8.81. The van der Waals surface area contributed by atoms with Crippen LogP contribution in [0.1, 0.15) is 6.92 Å². The molecule has 1 unspecified atom stereocenters. The number of ether oxygens (including phenoxy) is 1. The van der Waals surface area contributed by atoms with Crippen LogP contribution in [-0.2, 0) is 19.6 Å². The fraction of sp³-hybridized carbons (Fsp3) is 0.364. The molecule has 0 saturated heterocycles. The minimum atomic E-state index is -3.54. The van der Waals surface area contributed by atoms with Crippen molar-refractivity contribution in [3.8, 4) is 0 Å². The normalized spacial score (nSPS) is 12.8. The number of benzene rings is 1. The lowest BCUT2D eigenvalue weighted by atomic mass is 10.2. The summed E-state index contributed by atoms with van der Waals surface area (Å²) in [6.07, 6.45) is 0. The van der Waals surface area contributed by atoms with Gasteiger partial charge in [0.1, 0.15) is 6.04 Å². The molecule has 0 bridgehead atoms. The van der Waals surface area contributed by atoms with Gasteiger partial charge in [0.15, 0.2) is 0 Å². The Balaban J connectivity index is 2.99. The van der Waals surface area contributed by atoms with Gasteiger partial charge in [-0.25, -0.2) is 17.9 Å². The van der Waals surface area contributed by atoms with Gasteiger partial charge in [0.2, 0.25) is 10.0 Å². The van der Waals surface area contributed by atoms with Gasteiger partial charge in [-0.3, -0.25) is 0 Å². The van der Waals surface area contributed by atoms with Crippen LogP contribution in [0.15, 0.2) is 23.1 Å². The second-order valence-electron chi connectivity index (χ2n) is 3.85. The van der Waals surface area contributed by atoms with Gasteiger partial charge >= 0.3 is 5.97 Å². The lowest BCUT2D eigenvalue weighted by Crippen LogP contribution is -2.27. The van der Waals surface area contributed by atoms with Crippen molar-refractivity contribution in [1.29, 1.82) is 0 Å². The molecule has 1 aromatic rings. The van der Waals surface area contributed by atoms with Gasteiger partial charge in [0.25, 0.3) is 0 Å². The molecule has 7 nitrogen and oxygen atoms in total. The third kappa shape index (κ3) is 3.58. The van der Waals surface area contributed by atoms with E-state index in [0.717, 1.165) is 0 Å². The first-order valence-electron chi connectivity index (χ1n) is 5.49. The molecule has 0 spiro atoms. The Bertz CT molecular complexity index is 571. The standard InChI is InChI=1S/C11H17N3O4S/c1-7(11(15)18-3)14-10-5-4-8(6-9(10)12)19(16,17)13-2/h4-7,13-14H,12H2,1-3H3. The highest BCUT2D eigenvalue weighted by atomic mass is 32.2. The van der Waals surface area contributed by atoms with Gasteiger partial charge in [-0.2, -0.15) is 0 Å². The van der Waals surface area contributed by atoms with Gasteiger partial charge in [0, 0.05) is 0 Å². The summed E-state index contributed by atoms with van der Waals surface area (Å²) in [5.41, 5.74) is 6.45. The Morgan fingerprint density at radius 3 is 2.53 bits per heavy atom. The van der Waals surface area contributed by atoms with Crippen molar-refractivity contribution >= 4 is 27.4 Å². The molecule has 1 atom stereocenters. The van der Waals surface area contributed by atoms with E-state index in [-0.39, 0.29) is 10.6 Å². The van der Waals surface area contributed by atoms with Crippen LogP contribution in [0.25, 0.3) is 0 Å². The molecule has 1 rings (SSSR count). The Labute approximate surface area is 112 Å². The number of esters is 1. The quantitative estimate of drug-likeness (QED) is 0.525. The van der Waals surface area contributed by atoms with Gasteiger partial charge in [0.05, 0.1) is 23.4 Å². The van der Waals surface area contributed by atoms with E-state index in [4.69, 9.17) is 5.73 Å². The van der Waals surface area contributed by atoms with E-state index in [2.05, 4.69) is 14.8 Å².